The number of hydrazone groups is 1. The highest BCUT2D eigenvalue weighted by atomic mass is 16.3. The van der Waals surface area contributed by atoms with Crippen LogP contribution in [0.3, 0.4) is 0 Å². The second-order valence-electron chi connectivity index (χ2n) is 5.36. The molecule has 0 bridgehead atoms. The molecular weight excluding hydrogens is 350 g/mol. The van der Waals surface area contributed by atoms with Gasteiger partial charge in [0.15, 0.2) is 11.5 Å². The molecule has 3 rings (SSSR count). The Morgan fingerprint density at radius 1 is 1.11 bits per heavy atom. The van der Waals surface area contributed by atoms with Crippen LogP contribution in [0.2, 0.25) is 0 Å². The van der Waals surface area contributed by atoms with Crippen molar-refractivity contribution in [3.05, 3.63) is 63.9 Å². The van der Waals surface area contributed by atoms with E-state index in [1.807, 2.05) is 6.07 Å². The van der Waals surface area contributed by atoms with Crippen molar-refractivity contribution in [3.63, 3.8) is 0 Å². The van der Waals surface area contributed by atoms with Gasteiger partial charge in [0.25, 0.3) is 5.56 Å². The summed E-state index contributed by atoms with van der Waals surface area (Å²) in [5.74, 6) is -1.71. The molecule has 0 amide bonds. The lowest BCUT2D eigenvalue weighted by Gasteiger charge is -2.06. The molecule has 0 radical (unpaired) electrons. The number of hydrogen-bond acceptors (Lipinski definition) is 8. The van der Waals surface area contributed by atoms with Gasteiger partial charge in [0.2, 0.25) is 11.7 Å². The first-order chi connectivity index (χ1) is 13.0. The highest BCUT2D eigenvalue weighted by molar-refractivity contribution is 5.86. The first-order valence-corrected chi connectivity index (χ1v) is 7.64. The lowest BCUT2D eigenvalue weighted by atomic mass is 10.1. The number of hydrogen-bond donors (Lipinski definition) is 5. The molecule has 2 aromatic carbocycles. The summed E-state index contributed by atoms with van der Waals surface area (Å²) < 4.78 is 0. The van der Waals surface area contributed by atoms with Gasteiger partial charge < -0.3 is 15.3 Å². The normalized spacial score (nSPS) is 10.6. The standard InChI is InChI=1S/C18H13N5O4/c19-8-12-14(10-4-2-1-3-5-10)21-18(22-17(12)27)23-20-9-11-6-7-13(24)16(26)15(11)25/h1-7,9,24-26H,(H2,21,22,23,27). The van der Waals surface area contributed by atoms with Crippen LogP contribution in [-0.4, -0.2) is 31.5 Å². The number of phenols is 3. The number of aromatic amines is 1. The second kappa shape index (κ2) is 7.28. The van der Waals surface area contributed by atoms with Gasteiger partial charge in [-0.3, -0.25) is 9.78 Å². The van der Waals surface area contributed by atoms with Crippen molar-refractivity contribution in [2.24, 2.45) is 5.10 Å². The summed E-state index contributed by atoms with van der Waals surface area (Å²) in [5.41, 5.74) is 2.65. The zero-order valence-electron chi connectivity index (χ0n) is 13.7. The molecule has 0 saturated carbocycles. The molecule has 27 heavy (non-hydrogen) atoms. The van der Waals surface area contributed by atoms with Crippen LogP contribution in [-0.2, 0) is 0 Å². The summed E-state index contributed by atoms with van der Waals surface area (Å²) in [7, 11) is 0. The predicted octanol–water partition coefficient (Wildman–Crippen LogP) is 1.87. The van der Waals surface area contributed by atoms with Crippen molar-refractivity contribution in [2.75, 3.05) is 5.43 Å². The Hall–Kier alpha value is -4.32. The second-order valence-corrected chi connectivity index (χ2v) is 5.36. The van der Waals surface area contributed by atoms with E-state index in [0.29, 0.717) is 5.56 Å². The highest BCUT2D eigenvalue weighted by Gasteiger charge is 2.13. The number of aromatic nitrogens is 2. The summed E-state index contributed by atoms with van der Waals surface area (Å²) in [6.45, 7) is 0. The van der Waals surface area contributed by atoms with Crippen LogP contribution in [0, 0.1) is 11.3 Å². The summed E-state index contributed by atoms with van der Waals surface area (Å²) in [6, 6.07) is 13.1. The lowest BCUT2D eigenvalue weighted by molar-refractivity contribution is 0.367. The summed E-state index contributed by atoms with van der Waals surface area (Å²) in [4.78, 5) is 18.7. The van der Waals surface area contributed by atoms with Crippen LogP contribution in [0.1, 0.15) is 11.1 Å². The molecule has 3 aromatic rings. The lowest BCUT2D eigenvalue weighted by Crippen LogP contribution is -2.16. The molecule has 0 atom stereocenters. The van der Waals surface area contributed by atoms with Gasteiger partial charge in [-0.25, -0.2) is 10.4 Å². The number of phenolic OH excluding ortho intramolecular Hbond substituents is 3. The van der Waals surface area contributed by atoms with Crippen LogP contribution in [0.5, 0.6) is 17.2 Å². The Morgan fingerprint density at radius 2 is 1.85 bits per heavy atom. The van der Waals surface area contributed by atoms with Crippen molar-refractivity contribution in [1.29, 1.82) is 5.26 Å². The van der Waals surface area contributed by atoms with Crippen molar-refractivity contribution in [1.82, 2.24) is 9.97 Å². The monoisotopic (exact) mass is 363 g/mol. The molecule has 1 heterocycles. The zero-order valence-corrected chi connectivity index (χ0v) is 13.7. The number of nitriles is 1. The average Bonchev–Trinajstić information content (AvgIpc) is 2.68. The Balaban J connectivity index is 1.93. The maximum absolute atomic E-state index is 12.1. The highest BCUT2D eigenvalue weighted by Crippen LogP contribution is 2.36. The maximum Gasteiger partial charge on any atom is 0.270 e. The van der Waals surface area contributed by atoms with Gasteiger partial charge in [-0.2, -0.15) is 10.4 Å². The summed E-state index contributed by atoms with van der Waals surface area (Å²) >= 11 is 0. The fraction of sp³-hybridized carbons (Fsp3) is 0. The van der Waals surface area contributed by atoms with Crippen LogP contribution in [0.15, 0.2) is 52.4 Å². The number of nitrogens with one attached hydrogen (secondary N) is 2. The summed E-state index contributed by atoms with van der Waals surface area (Å²) in [6.07, 6.45) is 1.16. The number of H-pyrrole nitrogens is 1. The Bertz CT molecular complexity index is 1120. The number of rotatable bonds is 4. The molecule has 0 aliphatic heterocycles. The third-order valence-corrected chi connectivity index (χ3v) is 3.61. The Morgan fingerprint density at radius 3 is 2.56 bits per heavy atom. The van der Waals surface area contributed by atoms with Gasteiger partial charge in [0.1, 0.15) is 11.6 Å². The molecule has 0 aliphatic rings. The van der Waals surface area contributed by atoms with Gasteiger partial charge in [-0.15, -0.1) is 0 Å². The third kappa shape index (κ3) is 3.54. The minimum absolute atomic E-state index is 0.0170. The molecule has 9 heteroatoms. The first kappa shape index (κ1) is 17.5. The predicted molar refractivity (Wildman–Crippen MR) is 97.7 cm³/mol. The fourth-order valence-electron chi connectivity index (χ4n) is 2.29. The molecule has 0 fully saturated rings. The van der Waals surface area contributed by atoms with E-state index in [0.717, 1.165) is 6.21 Å². The molecule has 134 valence electrons. The summed E-state index contributed by atoms with van der Waals surface area (Å²) in [5, 5.41) is 41.6. The molecule has 1 aromatic heterocycles. The maximum atomic E-state index is 12.1. The van der Waals surface area contributed by atoms with Crippen LogP contribution in [0.4, 0.5) is 5.95 Å². The minimum Gasteiger partial charge on any atom is -0.504 e. The minimum atomic E-state index is -0.671. The number of aromatic hydroxyl groups is 3. The van der Waals surface area contributed by atoms with Crippen LogP contribution < -0.4 is 11.0 Å². The fourth-order valence-corrected chi connectivity index (χ4v) is 2.29. The number of anilines is 1. The Kier molecular flexibility index (Phi) is 4.72. The quantitative estimate of drug-likeness (QED) is 0.269. The van der Waals surface area contributed by atoms with E-state index in [4.69, 9.17) is 0 Å². The van der Waals surface area contributed by atoms with Crippen LogP contribution >= 0.6 is 0 Å². The zero-order chi connectivity index (χ0) is 19.4. The van der Waals surface area contributed by atoms with Crippen molar-refractivity contribution < 1.29 is 15.3 Å². The topological polar surface area (TPSA) is 155 Å². The van der Waals surface area contributed by atoms with E-state index in [1.54, 1.807) is 30.3 Å². The van der Waals surface area contributed by atoms with E-state index in [-0.39, 0.29) is 22.8 Å². The van der Waals surface area contributed by atoms with Crippen molar-refractivity contribution in [2.45, 2.75) is 0 Å². The molecule has 0 saturated heterocycles. The molecule has 0 spiro atoms. The van der Waals surface area contributed by atoms with Gasteiger partial charge in [0, 0.05) is 11.1 Å². The molecular formula is C18H13N5O4. The smallest absolute Gasteiger partial charge is 0.270 e. The first-order valence-electron chi connectivity index (χ1n) is 7.64. The largest absolute Gasteiger partial charge is 0.504 e. The van der Waals surface area contributed by atoms with Crippen molar-refractivity contribution >= 4 is 12.2 Å². The Labute approximate surface area is 152 Å². The number of benzene rings is 2. The van der Waals surface area contributed by atoms with E-state index >= 15 is 0 Å². The van der Waals surface area contributed by atoms with Gasteiger partial charge in [-0.1, -0.05) is 30.3 Å². The van der Waals surface area contributed by atoms with E-state index < -0.39 is 22.8 Å². The van der Waals surface area contributed by atoms with Crippen molar-refractivity contribution in [3.8, 4) is 34.6 Å². The third-order valence-electron chi connectivity index (χ3n) is 3.61. The average molecular weight is 363 g/mol. The SMILES string of the molecule is N#Cc1c(-c2ccccc2)nc(NN=Cc2ccc(O)c(O)c2O)[nH]c1=O. The van der Waals surface area contributed by atoms with Crippen LogP contribution in [0.25, 0.3) is 11.3 Å². The molecule has 5 N–H and O–H groups in total. The molecule has 0 unspecified atom stereocenters. The van der Waals surface area contributed by atoms with Gasteiger partial charge in [0.05, 0.1) is 11.9 Å². The molecule has 9 nitrogen and oxygen atoms in total. The van der Waals surface area contributed by atoms with E-state index in [9.17, 15) is 25.4 Å². The van der Waals surface area contributed by atoms with Gasteiger partial charge >= 0.3 is 0 Å². The number of nitrogens with zero attached hydrogens (tertiary/aromatic N) is 3. The van der Waals surface area contributed by atoms with E-state index in [2.05, 4.69) is 20.5 Å². The van der Waals surface area contributed by atoms with E-state index in [1.165, 1.54) is 12.1 Å². The van der Waals surface area contributed by atoms with Gasteiger partial charge in [-0.05, 0) is 12.1 Å². The molecule has 0 aliphatic carbocycles.